The summed E-state index contributed by atoms with van der Waals surface area (Å²) in [4.78, 5) is 35.5. The third kappa shape index (κ3) is 3.31. The molecule has 3 rings (SSSR count). The summed E-state index contributed by atoms with van der Waals surface area (Å²) in [5, 5.41) is 21.0. The summed E-state index contributed by atoms with van der Waals surface area (Å²) in [7, 11) is 0. The van der Waals surface area contributed by atoms with Crippen molar-refractivity contribution in [1.82, 2.24) is 5.32 Å². The predicted octanol–water partition coefficient (Wildman–Crippen LogP) is 2.09. The summed E-state index contributed by atoms with van der Waals surface area (Å²) in [6, 6.07) is 18.1. The molecular formula is C20H19NO5. The summed E-state index contributed by atoms with van der Waals surface area (Å²) in [6.45, 7) is -0.490. The molecule has 26 heavy (non-hydrogen) atoms. The van der Waals surface area contributed by atoms with Crippen LogP contribution in [0.1, 0.15) is 23.0 Å². The lowest BCUT2D eigenvalue weighted by molar-refractivity contribution is -0.154. The van der Waals surface area contributed by atoms with Gasteiger partial charge in [-0.2, -0.15) is 0 Å². The maximum absolute atomic E-state index is 12.7. The first-order chi connectivity index (χ1) is 12.5. The standard InChI is InChI=1S/C20H19NO5/c22-14(23)11-21-19(24)17-15(12-7-3-1-4-8-12)18(20(25)26)16(17)13-9-5-2-6-10-13/h1-10,15-18H,11H2,(H,21,24)(H,22,23)(H,25,26). The molecule has 2 atom stereocenters. The van der Waals surface area contributed by atoms with Crippen LogP contribution in [0.25, 0.3) is 0 Å². The van der Waals surface area contributed by atoms with Gasteiger partial charge in [-0.1, -0.05) is 60.7 Å². The average molecular weight is 353 g/mol. The minimum atomic E-state index is -1.14. The van der Waals surface area contributed by atoms with Crippen LogP contribution in [0.15, 0.2) is 60.7 Å². The van der Waals surface area contributed by atoms with Gasteiger partial charge in [-0.05, 0) is 11.1 Å². The van der Waals surface area contributed by atoms with Gasteiger partial charge >= 0.3 is 11.9 Å². The molecule has 2 unspecified atom stereocenters. The van der Waals surface area contributed by atoms with E-state index in [0.29, 0.717) is 0 Å². The molecule has 1 amide bonds. The van der Waals surface area contributed by atoms with E-state index in [1.165, 1.54) is 0 Å². The zero-order valence-corrected chi connectivity index (χ0v) is 13.9. The molecule has 3 N–H and O–H groups in total. The predicted molar refractivity (Wildman–Crippen MR) is 93.6 cm³/mol. The molecule has 2 aromatic rings. The molecule has 6 heteroatoms. The lowest BCUT2D eigenvalue weighted by Gasteiger charge is -2.49. The summed E-state index contributed by atoms with van der Waals surface area (Å²) < 4.78 is 0. The number of hydrogen-bond acceptors (Lipinski definition) is 3. The number of aliphatic carboxylic acids is 2. The maximum Gasteiger partial charge on any atom is 0.322 e. The molecule has 1 aliphatic rings. The van der Waals surface area contributed by atoms with Gasteiger partial charge in [-0.15, -0.1) is 0 Å². The van der Waals surface area contributed by atoms with E-state index in [-0.39, 0.29) is 0 Å². The number of carboxylic acids is 2. The van der Waals surface area contributed by atoms with Crippen molar-refractivity contribution in [2.45, 2.75) is 11.8 Å². The van der Waals surface area contributed by atoms with E-state index < -0.39 is 48.1 Å². The minimum absolute atomic E-state index is 0.437. The molecule has 1 aliphatic carbocycles. The lowest BCUT2D eigenvalue weighted by Crippen LogP contribution is -2.54. The van der Waals surface area contributed by atoms with Crippen molar-refractivity contribution in [1.29, 1.82) is 0 Å². The van der Waals surface area contributed by atoms with Gasteiger partial charge in [-0.3, -0.25) is 14.4 Å². The first-order valence-corrected chi connectivity index (χ1v) is 8.33. The largest absolute Gasteiger partial charge is 0.481 e. The molecule has 0 bridgehead atoms. The fourth-order valence-corrected chi connectivity index (χ4v) is 3.84. The Morgan fingerprint density at radius 1 is 0.769 bits per heavy atom. The third-order valence-corrected chi connectivity index (χ3v) is 4.92. The Balaban J connectivity index is 1.99. The minimum Gasteiger partial charge on any atom is -0.481 e. The molecule has 0 aliphatic heterocycles. The number of amides is 1. The van der Waals surface area contributed by atoms with Crippen LogP contribution >= 0.6 is 0 Å². The molecule has 0 spiro atoms. The van der Waals surface area contributed by atoms with Crippen LogP contribution in [0.4, 0.5) is 0 Å². The monoisotopic (exact) mass is 353 g/mol. The second kappa shape index (κ2) is 7.39. The van der Waals surface area contributed by atoms with E-state index in [2.05, 4.69) is 5.32 Å². The highest BCUT2D eigenvalue weighted by molar-refractivity contribution is 5.89. The summed E-state index contributed by atoms with van der Waals surface area (Å²) >= 11 is 0. The van der Waals surface area contributed by atoms with Crippen molar-refractivity contribution >= 4 is 17.8 Å². The second-order valence-corrected chi connectivity index (χ2v) is 6.37. The van der Waals surface area contributed by atoms with E-state index in [1.54, 1.807) is 48.5 Å². The first-order valence-electron chi connectivity index (χ1n) is 8.33. The average Bonchev–Trinajstić information content (AvgIpc) is 2.60. The highest BCUT2D eigenvalue weighted by atomic mass is 16.4. The van der Waals surface area contributed by atoms with Crippen LogP contribution in [-0.2, 0) is 14.4 Å². The van der Waals surface area contributed by atoms with Crippen LogP contribution in [-0.4, -0.2) is 34.6 Å². The number of nitrogens with one attached hydrogen (secondary N) is 1. The van der Waals surface area contributed by atoms with Crippen LogP contribution in [0.3, 0.4) is 0 Å². The number of benzene rings is 2. The molecule has 0 radical (unpaired) electrons. The summed E-state index contributed by atoms with van der Waals surface area (Å²) in [5.41, 5.74) is 1.53. The van der Waals surface area contributed by atoms with E-state index in [0.717, 1.165) is 11.1 Å². The molecular weight excluding hydrogens is 334 g/mol. The fourth-order valence-electron chi connectivity index (χ4n) is 3.84. The van der Waals surface area contributed by atoms with Gasteiger partial charge in [0.05, 0.1) is 11.8 Å². The number of carbonyl (C=O) groups excluding carboxylic acids is 1. The van der Waals surface area contributed by atoms with Gasteiger partial charge in [0.15, 0.2) is 0 Å². The maximum atomic E-state index is 12.7. The summed E-state index contributed by atoms with van der Waals surface area (Å²) in [5.74, 6) is -4.94. The Morgan fingerprint density at radius 2 is 1.23 bits per heavy atom. The van der Waals surface area contributed by atoms with Crippen LogP contribution in [0, 0.1) is 11.8 Å². The number of hydrogen-bond donors (Lipinski definition) is 3. The smallest absolute Gasteiger partial charge is 0.322 e. The molecule has 1 saturated carbocycles. The molecule has 1 fully saturated rings. The third-order valence-electron chi connectivity index (χ3n) is 4.92. The molecule has 6 nitrogen and oxygen atoms in total. The normalized spacial score (nSPS) is 24.3. The van der Waals surface area contributed by atoms with E-state index >= 15 is 0 Å². The van der Waals surface area contributed by atoms with Gasteiger partial charge in [0.2, 0.25) is 5.91 Å². The first kappa shape index (κ1) is 17.7. The Labute approximate surface area is 150 Å². The van der Waals surface area contributed by atoms with Crippen molar-refractivity contribution in [2.75, 3.05) is 6.54 Å². The topological polar surface area (TPSA) is 104 Å². The Hall–Kier alpha value is -3.15. The van der Waals surface area contributed by atoms with E-state index in [1.807, 2.05) is 12.1 Å². The Bertz CT molecular complexity index is 758. The van der Waals surface area contributed by atoms with Crippen molar-refractivity contribution in [3.8, 4) is 0 Å². The quantitative estimate of drug-likeness (QED) is 0.738. The van der Waals surface area contributed by atoms with Gasteiger partial charge in [-0.25, -0.2) is 0 Å². The van der Waals surface area contributed by atoms with E-state index in [9.17, 15) is 19.5 Å². The lowest BCUT2D eigenvalue weighted by atomic mass is 9.52. The summed E-state index contributed by atoms with van der Waals surface area (Å²) in [6.07, 6.45) is 0. The highest BCUT2D eigenvalue weighted by Crippen LogP contribution is 2.57. The zero-order valence-electron chi connectivity index (χ0n) is 13.9. The van der Waals surface area contributed by atoms with Gasteiger partial charge in [0, 0.05) is 11.8 Å². The second-order valence-electron chi connectivity index (χ2n) is 6.37. The van der Waals surface area contributed by atoms with Crippen LogP contribution in [0.2, 0.25) is 0 Å². The number of carbonyl (C=O) groups is 3. The Kier molecular flexibility index (Phi) is 5.02. The van der Waals surface area contributed by atoms with Crippen LogP contribution < -0.4 is 5.32 Å². The highest BCUT2D eigenvalue weighted by Gasteiger charge is 2.58. The van der Waals surface area contributed by atoms with Crippen molar-refractivity contribution in [2.24, 2.45) is 11.8 Å². The molecule has 2 aromatic carbocycles. The fraction of sp³-hybridized carbons (Fsp3) is 0.250. The number of rotatable bonds is 6. The van der Waals surface area contributed by atoms with Crippen molar-refractivity contribution < 1.29 is 24.6 Å². The van der Waals surface area contributed by atoms with Crippen LogP contribution in [0.5, 0.6) is 0 Å². The van der Waals surface area contributed by atoms with Gasteiger partial charge in [0.1, 0.15) is 6.54 Å². The van der Waals surface area contributed by atoms with Gasteiger partial charge in [0.25, 0.3) is 0 Å². The molecule has 134 valence electrons. The van der Waals surface area contributed by atoms with E-state index in [4.69, 9.17) is 5.11 Å². The molecule has 0 saturated heterocycles. The number of carboxylic acid groups (broad SMARTS) is 2. The van der Waals surface area contributed by atoms with Gasteiger partial charge < -0.3 is 15.5 Å². The SMILES string of the molecule is O=C(O)CNC(=O)C1C(c2ccccc2)C(C(=O)O)C1c1ccccc1. The molecule has 0 aromatic heterocycles. The molecule has 0 heterocycles. The van der Waals surface area contributed by atoms with Crippen molar-refractivity contribution in [3.05, 3.63) is 71.8 Å². The van der Waals surface area contributed by atoms with Crippen molar-refractivity contribution in [3.63, 3.8) is 0 Å². The Morgan fingerprint density at radius 3 is 1.62 bits per heavy atom. The zero-order chi connectivity index (χ0) is 18.7.